The van der Waals surface area contributed by atoms with Gasteiger partial charge in [0.1, 0.15) is 0 Å². The average Bonchev–Trinajstić information content (AvgIpc) is 2.47. The minimum absolute atomic E-state index is 0.0859. The molecular formula is C16H16INOS. The number of benzene rings is 2. The first kappa shape index (κ1) is 15.4. The lowest BCUT2D eigenvalue weighted by Gasteiger charge is -2.07. The maximum Gasteiger partial charge on any atom is 0.224 e. The van der Waals surface area contributed by atoms with E-state index < -0.39 is 0 Å². The third kappa shape index (κ3) is 5.17. The van der Waals surface area contributed by atoms with Crippen LogP contribution in [0.3, 0.4) is 0 Å². The lowest BCUT2D eigenvalue weighted by Crippen LogP contribution is -2.12. The molecule has 0 fully saturated rings. The van der Waals surface area contributed by atoms with Crippen LogP contribution in [0.1, 0.15) is 12.8 Å². The van der Waals surface area contributed by atoms with Gasteiger partial charge >= 0.3 is 0 Å². The van der Waals surface area contributed by atoms with Crippen LogP contribution >= 0.6 is 34.4 Å². The summed E-state index contributed by atoms with van der Waals surface area (Å²) in [4.78, 5) is 13.1. The molecule has 104 valence electrons. The average molecular weight is 397 g/mol. The first-order chi connectivity index (χ1) is 9.75. The Morgan fingerprint density at radius 1 is 1.05 bits per heavy atom. The topological polar surface area (TPSA) is 29.1 Å². The van der Waals surface area contributed by atoms with Gasteiger partial charge in [0.15, 0.2) is 0 Å². The molecule has 0 spiro atoms. The van der Waals surface area contributed by atoms with E-state index in [1.54, 1.807) is 11.8 Å². The van der Waals surface area contributed by atoms with Crippen molar-refractivity contribution >= 4 is 45.9 Å². The zero-order valence-corrected chi connectivity index (χ0v) is 14.0. The van der Waals surface area contributed by atoms with E-state index in [1.807, 2.05) is 42.5 Å². The summed E-state index contributed by atoms with van der Waals surface area (Å²) in [7, 11) is 0. The zero-order chi connectivity index (χ0) is 14.2. The summed E-state index contributed by atoms with van der Waals surface area (Å²) in [5.41, 5.74) is 0.897. The fourth-order valence-electron chi connectivity index (χ4n) is 1.71. The number of hydrogen-bond acceptors (Lipinski definition) is 2. The van der Waals surface area contributed by atoms with E-state index in [2.05, 4.69) is 40.0 Å². The molecule has 0 unspecified atom stereocenters. The standard InChI is InChI=1S/C16H16INOS/c17-14-9-4-5-10-15(14)18-16(19)11-6-12-20-13-7-2-1-3-8-13/h1-5,7-10H,6,11-12H2,(H,18,19). The van der Waals surface area contributed by atoms with Crippen molar-refractivity contribution < 1.29 is 4.79 Å². The highest BCUT2D eigenvalue weighted by Gasteiger charge is 2.04. The van der Waals surface area contributed by atoms with Crippen molar-refractivity contribution in [2.45, 2.75) is 17.7 Å². The Labute approximate surface area is 137 Å². The SMILES string of the molecule is O=C(CCCSc1ccccc1)Nc1ccccc1I. The van der Waals surface area contributed by atoms with Crippen molar-refractivity contribution in [2.24, 2.45) is 0 Å². The van der Waals surface area contributed by atoms with Gasteiger partial charge < -0.3 is 5.32 Å². The predicted molar refractivity (Wildman–Crippen MR) is 94.2 cm³/mol. The minimum Gasteiger partial charge on any atom is -0.325 e. The van der Waals surface area contributed by atoms with Crippen molar-refractivity contribution in [3.63, 3.8) is 0 Å². The highest BCUT2D eigenvalue weighted by Crippen LogP contribution is 2.19. The Balaban J connectivity index is 1.69. The lowest BCUT2D eigenvalue weighted by atomic mass is 10.3. The number of thioether (sulfide) groups is 1. The van der Waals surface area contributed by atoms with Gasteiger partial charge in [-0.1, -0.05) is 30.3 Å². The third-order valence-corrected chi connectivity index (χ3v) is 4.75. The molecule has 2 nitrogen and oxygen atoms in total. The number of carbonyl (C=O) groups excluding carboxylic acids is 1. The van der Waals surface area contributed by atoms with E-state index >= 15 is 0 Å². The Morgan fingerprint density at radius 2 is 1.75 bits per heavy atom. The molecule has 0 radical (unpaired) electrons. The van der Waals surface area contributed by atoms with Crippen molar-refractivity contribution in [3.8, 4) is 0 Å². The molecule has 2 aromatic carbocycles. The van der Waals surface area contributed by atoms with E-state index in [1.165, 1.54) is 4.90 Å². The van der Waals surface area contributed by atoms with Crippen molar-refractivity contribution in [1.29, 1.82) is 0 Å². The van der Waals surface area contributed by atoms with Crippen LogP contribution in [-0.2, 0) is 4.79 Å². The molecule has 0 heterocycles. The first-order valence-corrected chi connectivity index (χ1v) is 8.54. The lowest BCUT2D eigenvalue weighted by molar-refractivity contribution is -0.116. The number of nitrogens with one attached hydrogen (secondary N) is 1. The second kappa shape index (κ2) is 8.32. The molecule has 0 aliphatic rings. The summed E-state index contributed by atoms with van der Waals surface area (Å²) < 4.78 is 1.07. The van der Waals surface area contributed by atoms with E-state index in [4.69, 9.17) is 0 Å². The molecule has 0 aromatic heterocycles. The Kier molecular flexibility index (Phi) is 6.39. The molecule has 1 N–H and O–H groups in total. The smallest absolute Gasteiger partial charge is 0.224 e. The van der Waals surface area contributed by atoms with E-state index in [9.17, 15) is 4.79 Å². The van der Waals surface area contributed by atoms with Crippen LogP contribution in [0.5, 0.6) is 0 Å². The fourth-order valence-corrected chi connectivity index (χ4v) is 3.11. The third-order valence-electron chi connectivity index (χ3n) is 2.71. The van der Waals surface area contributed by atoms with Crippen LogP contribution in [0, 0.1) is 3.57 Å². The van der Waals surface area contributed by atoms with Gasteiger partial charge in [0.05, 0.1) is 5.69 Å². The van der Waals surface area contributed by atoms with Crippen LogP contribution in [-0.4, -0.2) is 11.7 Å². The van der Waals surface area contributed by atoms with E-state index in [-0.39, 0.29) is 5.91 Å². The first-order valence-electron chi connectivity index (χ1n) is 6.48. The van der Waals surface area contributed by atoms with Gasteiger partial charge in [0, 0.05) is 14.9 Å². The van der Waals surface area contributed by atoms with Gasteiger partial charge in [0.2, 0.25) is 5.91 Å². The van der Waals surface area contributed by atoms with Crippen molar-refractivity contribution in [2.75, 3.05) is 11.1 Å². The number of carbonyl (C=O) groups is 1. The molecule has 2 aromatic rings. The normalized spacial score (nSPS) is 10.2. The number of anilines is 1. The van der Waals surface area contributed by atoms with Crippen LogP contribution < -0.4 is 5.32 Å². The van der Waals surface area contributed by atoms with Crippen LogP contribution in [0.15, 0.2) is 59.5 Å². The molecule has 4 heteroatoms. The number of halogens is 1. The Morgan fingerprint density at radius 3 is 2.50 bits per heavy atom. The van der Waals surface area contributed by atoms with Gasteiger partial charge in [-0.2, -0.15) is 0 Å². The molecule has 0 saturated carbocycles. The number of hydrogen-bond donors (Lipinski definition) is 1. The summed E-state index contributed by atoms with van der Waals surface area (Å²) in [6, 6.07) is 18.1. The second-order valence-corrected chi connectivity index (χ2v) is 6.62. The number of amides is 1. The van der Waals surface area contributed by atoms with E-state index in [0.717, 1.165) is 21.4 Å². The van der Waals surface area contributed by atoms with Crippen molar-refractivity contribution in [1.82, 2.24) is 0 Å². The molecule has 0 aliphatic carbocycles. The minimum atomic E-state index is 0.0859. The van der Waals surface area contributed by atoms with E-state index in [0.29, 0.717) is 6.42 Å². The predicted octanol–water partition coefficient (Wildman–Crippen LogP) is 4.80. The quantitative estimate of drug-likeness (QED) is 0.431. The number of rotatable bonds is 6. The fraction of sp³-hybridized carbons (Fsp3) is 0.188. The summed E-state index contributed by atoms with van der Waals surface area (Å²) in [5, 5.41) is 2.95. The summed E-state index contributed by atoms with van der Waals surface area (Å²) in [5.74, 6) is 1.05. The van der Waals surface area contributed by atoms with Gasteiger partial charge in [-0.25, -0.2) is 0 Å². The molecule has 0 aliphatic heterocycles. The molecule has 2 rings (SSSR count). The summed E-state index contributed by atoms with van der Waals surface area (Å²) >= 11 is 4.02. The number of para-hydroxylation sites is 1. The van der Waals surface area contributed by atoms with Crippen LogP contribution in [0.4, 0.5) is 5.69 Å². The largest absolute Gasteiger partial charge is 0.325 e. The highest BCUT2D eigenvalue weighted by molar-refractivity contribution is 14.1. The van der Waals surface area contributed by atoms with Gasteiger partial charge in [-0.3, -0.25) is 4.79 Å². The zero-order valence-electron chi connectivity index (χ0n) is 11.0. The monoisotopic (exact) mass is 397 g/mol. The summed E-state index contributed by atoms with van der Waals surface area (Å²) in [6.45, 7) is 0. The molecule has 0 saturated heterocycles. The van der Waals surface area contributed by atoms with Crippen LogP contribution in [0.2, 0.25) is 0 Å². The van der Waals surface area contributed by atoms with Gasteiger partial charge in [-0.15, -0.1) is 11.8 Å². The molecule has 20 heavy (non-hydrogen) atoms. The van der Waals surface area contributed by atoms with Gasteiger partial charge in [-0.05, 0) is 59.0 Å². The molecule has 1 amide bonds. The molecule has 0 bridgehead atoms. The van der Waals surface area contributed by atoms with Gasteiger partial charge in [0.25, 0.3) is 0 Å². The Hall–Kier alpha value is -1.01. The second-order valence-electron chi connectivity index (χ2n) is 4.29. The summed E-state index contributed by atoms with van der Waals surface area (Å²) in [6.07, 6.45) is 1.44. The molecular weight excluding hydrogens is 381 g/mol. The highest BCUT2D eigenvalue weighted by atomic mass is 127. The Bertz CT molecular complexity index is 559. The van der Waals surface area contributed by atoms with Crippen molar-refractivity contribution in [3.05, 3.63) is 58.2 Å². The maximum absolute atomic E-state index is 11.9. The van der Waals surface area contributed by atoms with Crippen LogP contribution in [0.25, 0.3) is 0 Å². The molecule has 0 atom stereocenters. The maximum atomic E-state index is 11.9.